The lowest BCUT2D eigenvalue weighted by atomic mass is 10.0. The Hall–Kier alpha value is -2.62. The summed E-state index contributed by atoms with van der Waals surface area (Å²) in [5.41, 5.74) is 2.90. The van der Waals surface area contributed by atoms with Gasteiger partial charge in [0.05, 0.1) is 0 Å². The third-order valence-corrected chi connectivity index (χ3v) is 2.78. The molecule has 0 fully saturated rings. The van der Waals surface area contributed by atoms with Gasteiger partial charge in [-0.2, -0.15) is 0 Å². The normalized spacial score (nSPS) is 10.4. The van der Waals surface area contributed by atoms with Crippen molar-refractivity contribution in [3.8, 4) is 22.5 Å². The molecule has 3 rings (SSSR count). The first-order valence-corrected chi connectivity index (χ1v) is 5.62. The van der Waals surface area contributed by atoms with Crippen LogP contribution in [-0.2, 0) is 0 Å². The summed E-state index contributed by atoms with van der Waals surface area (Å²) in [6, 6.07) is 11.3. The van der Waals surface area contributed by atoms with Crippen LogP contribution in [0, 0.1) is 0 Å². The van der Waals surface area contributed by atoms with Crippen molar-refractivity contribution >= 4 is 0 Å². The van der Waals surface area contributed by atoms with Gasteiger partial charge in [-0.25, -0.2) is 4.98 Å². The molecule has 0 saturated carbocycles. The molecule has 4 heteroatoms. The molecule has 0 saturated heterocycles. The van der Waals surface area contributed by atoms with Crippen molar-refractivity contribution in [3.63, 3.8) is 0 Å². The minimum absolute atomic E-state index is 0.103. The van der Waals surface area contributed by atoms with E-state index in [4.69, 9.17) is 0 Å². The molecule has 0 unspecified atom stereocenters. The molecule has 0 spiro atoms. The molecule has 0 amide bonds. The van der Waals surface area contributed by atoms with E-state index >= 15 is 0 Å². The summed E-state index contributed by atoms with van der Waals surface area (Å²) < 4.78 is 0. The number of aromatic nitrogens is 3. The van der Waals surface area contributed by atoms with Gasteiger partial charge in [-0.05, 0) is 17.2 Å². The summed E-state index contributed by atoms with van der Waals surface area (Å²) in [5.74, 6) is 0.816. The van der Waals surface area contributed by atoms with E-state index in [0.29, 0.717) is 0 Å². The Morgan fingerprint density at radius 3 is 2.44 bits per heavy atom. The number of aromatic amines is 2. The maximum absolute atomic E-state index is 11.1. The molecule has 2 N–H and O–H groups in total. The van der Waals surface area contributed by atoms with Gasteiger partial charge in [-0.3, -0.25) is 4.79 Å². The van der Waals surface area contributed by atoms with Crippen LogP contribution in [0.1, 0.15) is 0 Å². The quantitative estimate of drug-likeness (QED) is 0.719. The van der Waals surface area contributed by atoms with Crippen molar-refractivity contribution in [1.29, 1.82) is 0 Å². The van der Waals surface area contributed by atoms with Crippen LogP contribution in [-0.4, -0.2) is 15.0 Å². The predicted molar refractivity (Wildman–Crippen MR) is 70.1 cm³/mol. The smallest absolute Gasteiger partial charge is 0.247 e. The highest BCUT2D eigenvalue weighted by Gasteiger charge is 2.08. The molecule has 2 heterocycles. The van der Waals surface area contributed by atoms with Gasteiger partial charge in [0.1, 0.15) is 5.82 Å². The van der Waals surface area contributed by atoms with Crippen molar-refractivity contribution in [3.05, 3.63) is 65.3 Å². The summed E-state index contributed by atoms with van der Waals surface area (Å²) in [7, 11) is 0. The van der Waals surface area contributed by atoms with Gasteiger partial charge in [0, 0.05) is 30.2 Å². The number of nitrogens with zero attached hydrogens (tertiary/aromatic N) is 1. The summed E-state index contributed by atoms with van der Waals surface area (Å²) in [5, 5.41) is 0. The lowest BCUT2D eigenvalue weighted by Gasteiger charge is -2.06. The molecular weight excluding hydrogens is 226 g/mol. The van der Waals surface area contributed by atoms with Gasteiger partial charge in [0.2, 0.25) is 5.56 Å². The zero-order valence-corrected chi connectivity index (χ0v) is 9.55. The Bertz CT molecular complexity index is 693. The zero-order valence-electron chi connectivity index (χ0n) is 9.55. The Labute approximate surface area is 103 Å². The van der Waals surface area contributed by atoms with Crippen molar-refractivity contribution in [2.75, 3.05) is 0 Å². The first-order valence-electron chi connectivity index (χ1n) is 5.62. The highest BCUT2D eigenvalue weighted by atomic mass is 16.1. The first kappa shape index (κ1) is 10.5. The van der Waals surface area contributed by atoms with E-state index in [1.54, 1.807) is 24.7 Å². The number of rotatable bonds is 2. The van der Waals surface area contributed by atoms with E-state index < -0.39 is 0 Å². The van der Waals surface area contributed by atoms with Crippen LogP contribution in [0.5, 0.6) is 0 Å². The van der Waals surface area contributed by atoms with Gasteiger partial charge in [-0.1, -0.05) is 24.3 Å². The van der Waals surface area contributed by atoms with Crippen LogP contribution in [0.4, 0.5) is 0 Å². The molecule has 0 bridgehead atoms. The second kappa shape index (κ2) is 4.33. The van der Waals surface area contributed by atoms with E-state index in [1.807, 2.05) is 24.3 Å². The molecule has 18 heavy (non-hydrogen) atoms. The Balaban J connectivity index is 2.18. The third-order valence-electron chi connectivity index (χ3n) is 2.78. The second-order valence-electron chi connectivity index (χ2n) is 3.92. The SMILES string of the molecule is O=c1ccc(-c2ccccc2-c2ncc[nH]2)c[nH]1. The molecule has 88 valence electrons. The molecule has 0 atom stereocenters. The van der Waals surface area contributed by atoms with Gasteiger partial charge in [-0.15, -0.1) is 0 Å². The van der Waals surface area contributed by atoms with Crippen LogP contribution in [0.25, 0.3) is 22.5 Å². The average molecular weight is 237 g/mol. The fraction of sp³-hybridized carbons (Fsp3) is 0. The van der Waals surface area contributed by atoms with Crippen molar-refractivity contribution in [1.82, 2.24) is 15.0 Å². The van der Waals surface area contributed by atoms with Crippen LogP contribution in [0.3, 0.4) is 0 Å². The number of hydrogen-bond acceptors (Lipinski definition) is 2. The molecule has 2 aromatic heterocycles. The van der Waals surface area contributed by atoms with Gasteiger partial charge in [0.15, 0.2) is 0 Å². The Morgan fingerprint density at radius 2 is 1.78 bits per heavy atom. The van der Waals surface area contributed by atoms with Crippen molar-refractivity contribution < 1.29 is 0 Å². The molecule has 0 radical (unpaired) electrons. The monoisotopic (exact) mass is 237 g/mol. The summed E-state index contributed by atoms with van der Waals surface area (Å²) >= 11 is 0. The third kappa shape index (κ3) is 1.84. The number of H-pyrrole nitrogens is 2. The van der Waals surface area contributed by atoms with Crippen LogP contribution in [0.15, 0.2) is 59.8 Å². The topological polar surface area (TPSA) is 61.5 Å². The highest BCUT2D eigenvalue weighted by Crippen LogP contribution is 2.28. The fourth-order valence-electron chi connectivity index (χ4n) is 1.93. The molecule has 4 nitrogen and oxygen atoms in total. The van der Waals surface area contributed by atoms with Gasteiger partial charge in [0.25, 0.3) is 0 Å². The van der Waals surface area contributed by atoms with E-state index in [-0.39, 0.29) is 5.56 Å². The standard InChI is InChI=1S/C14H11N3O/c18-13-6-5-10(9-17-13)11-3-1-2-4-12(11)14-15-7-8-16-14/h1-9H,(H,15,16)(H,17,18). The number of hydrogen-bond donors (Lipinski definition) is 2. The number of imidazole rings is 1. The summed E-state index contributed by atoms with van der Waals surface area (Å²) in [4.78, 5) is 21.1. The summed E-state index contributed by atoms with van der Waals surface area (Å²) in [6.45, 7) is 0. The maximum atomic E-state index is 11.1. The lowest BCUT2D eigenvalue weighted by Crippen LogP contribution is -2.01. The van der Waals surface area contributed by atoms with Crippen LogP contribution in [0.2, 0.25) is 0 Å². The number of benzene rings is 1. The minimum Gasteiger partial charge on any atom is -0.345 e. The molecule has 3 aromatic rings. The molecule has 0 aliphatic heterocycles. The van der Waals surface area contributed by atoms with E-state index in [1.165, 1.54) is 6.07 Å². The molecule has 0 aliphatic rings. The summed E-state index contributed by atoms with van der Waals surface area (Å²) in [6.07, 6.45) is 5.22. The van der Waals surface area contributed by atoms with Crippen molar-refractivity contribution in [2.45, 2.75) is 0 Å². The largest absolute Gasteiger partial charge is 0.345 e. The molecule has 0 aliphatic carbocycles. The Kier molecular flexibility index (Phi) is 2.53. The first-order chi connectivity index (χ1) is 8.84. The molecule has 1 aromatic carbocycles. The Morgan fingerprint density at radius 1 is 0.944 bits per heavy atom. The van der Waals surface area contributed by atoms with Crippen molar-refractivity contribution in [2.24, 2.45) is 0 Å². The van der Waals surface area contributed by atoms with Gasteiger partial charge < -0.3 is 9.97 Å². The molecular formula is C14H11N3O. The van der Waals surface area contributed by atoms with E-state index in [9.17, 15) is 4.79 Å². The highest BCUT2D eigenvalue weighted by molar-refractivity contribution is 5.79. The minimum atomic E-state index is -0.103. The average Bonchev–Trinajstić information content (AvgIpc) is 2.93. The zero-order chi connectivity index (χ0) is 12.4. The van der Waals surface area contributed by atoms with E-state index in [2.05, 4.69) is 15.0 Å². The second-order valence-corrected chi connectivity index (χ2v) is 3.92. The van der Waals surface area contributed by atoms with Crippen LogP contribution < -0.4 is 5.56 Å². The fourth-order valence-corrected chi connectivity index (χ4v) is 1.93. The van der Waals surface area contributed by atoms with E-state index in [0.717, 1.165) is 22.5 Å². The van der Waals surface area contributed by atoms with Gasteiger partial charge >= 0.3 is 0 Å². The lowest BCUT2D eigenvalue weighted by molar-refractivity contribution is 1.24. The maximum Gasteiger partial charge on any atom is 0.247 e. The van der Waals surface area contributed by atoms with Crippen LogP contribution >= 0.6 is 0 Å². The number of nitrogens with one attached hydrogen (secondary N) is 2. The predicted octanol–water partition coefficient (Wildman–Crippen LogP) is 2.43. The number of pyridine rings is 1.